The van der Waals surface area contributed by atoms with Crippen molar-refractivity contribution in [3.05, 3.63) is 59.8 Å². The van der Waals surface area contributed by atoms with Gasteiger partial charge in [0.2, 0.25) is 0 Å². The van der Waals surface area contributed by atoms with Crippen LogP contribution in [-0.2, 0) is 22.6 Å². The number of aromatic amines is 1. The third-order valence-electron chi connectivity index (χ3n) is 3.82. The van der Waals surface area contributed by atoms with Crippen molar-refractivity contribution in [1.82, 2.24) is 4.98 Å². The number of aromatic nitrogens is 1. The second-order valence-corrected chi connectivity index (χ2v) is 7.27. The molecule has 25 heavy (non-hydrogen) atoms. The summed E-state index contributed by atoms with van der Waals surface area (Å²) in [6.45, 7) is 1.96. The van der Waals surface area contributed by atoms with Gasteiger partial charge in [-0.15, -0.1) is 0 Å². The number of alkyl halides is 3. The molecule has 0 atom stereocenters. The molecule has 0 bridgehead atoms. The molecule has 0 aliphatic carbocycles. The maximum absolute atomic E-state index is 12.7. The van der Waals surface area contributed by atoms with Crippen LogP contribution in [0.15, 0.2) is 53.4 Å². The minimum atomic E-state index is -4.49. The van der Waals surface area contributed by atoms with Crippen LogP contribution < -0.4 is 4.72 Å². The molecule has 1 aromatic heterocycles. The Morgan fingerprint density at radius 3 is 2.32 bits per heavy atom. The molecule has 0 radical (unpaired) electrons. The van der Waals surface area contributed by atoms with Crippen molar-refractivity contribution in [2.75, 3.05) is 4.72 Å². The van der Waals surface area contributed by atoms with E-state index in [1.165, 1.54) is 30.3 Å². The quantitative estimate of drug-likeness (QED) is 0.710. The Hall–Kier alpha value is -2.48. The Balaban J connectivity index is 1.90. The third kappa shape index (κ3) is 3.63. The first kappa shape index (κ1) is 17.3. The van der Waals surface area contributed by atoms with E-state index in [4.69, 9.17) is 0 Å². The summed E-state index contributed by atoms with van der Waals surface area (Å²) in [4.78, 5) is 2.36. The van der Waals surface area contributed by atoms with Gasteiger partial charge in [-0.25, -0.2) is 8.42 Å². The first-order valence-corrected chi connectivity index (χ1v) is 8.99. The van der Waals surface area contributed by atoms with Gasteiger partial charge in [-0.3, -0.25) is 4.72 Å². The topological polar surface area (TPSA) is 62.0 Å². The molecule has 0 amide bonds. The normalized spacial score (nSPS) is 12.5. The summed E-state index contributed by atoms with van der Waals surface area (Å²) in [6.07, 6.45) is -3.70. The van der Waals surface area contributed by atoms with E-state index in [-0.39, 0.29) is 21.5 Å². The highest BCUT2D eigenvalue weighted by Crippen LogP contribution is 2.32. The number of nitrogens with one attached hydrogen (secondary N) is 2. The lowest BCUT2D eigenvalue weighted by Gasteiger charge is -2.08. The summed E-state index contributed by atoms with van der Waals surface area (Å²) in [5, 5.41) is 0.272. The van der Waals surface area contributed by atoms with E-state index in [0.29, 0.717) is 0 Å². The largest absolute Gasteiger partial charge is 0.431 e. The van der Waals surface area contributed by atoms with Crippen molar-refractivity contribution < 1.29 is 21.6 Å². The van der Waals surface area contributed by atoms with Gasteiger partial charge in [0.25, 0.3) is 10.0 Å². The number of anilines is 1. The molecule has 8 heteroatoms. The van der Waals surface area contributed by atoms with Crippen LogP contribution in [0.1, 0.15) is 18.2 Å². The van der Waals surface area contributed by atoms with E-state index in [1.807, 2.05) is 6.92 Å². The smallest absolute Gasteiger partial charge is 0.351 e. The van der Waals surface area contributed by atoms with Gasteiger partial charge in [-0.05, 0) is 48.4 Å². The van der Waals surface area contributed by atoms with E-state index in [9.17, 15) is 21.6 Å². The highest BCUT2D eigenvalue weighted by molar-refractivity contribution is 7.92. The van der Waals surface area contributed by atoms with Crippen LogP contribution >= 0.6 is 0 Å². The maximum Gasteiger partial charge on any atom is 0.431 e. The predicted octanol–water partition coefficient (Wildman–Crippen LogP) is 4.55. The average molecular weight is 368 g/mol. The summed E-state index contributed by atoms with van der Waals surface area (Å²) < 4.78 is 65.4. The van der Waals surface area contributed by atoms with E-state index in [2.05, 4.69) is 9.71 Å². The lowest BCUT2D eigenvalue weighted by Crippen LogP contribution is -2.12. The summed E-state index contributed by atoms with van der Waals surface area (Å²) >= 11 is 0. The summed E-state index contributed by atoms with van der Waals surface area (Å²) in [6, 6.07) is 11.6. The number of hydrogen-bond acceptors (Lipinski definition) is 2. The maximum atomic E-state index is 12.7. The van der Waals surface area contributed by atoms with Crippen molar-refractivity contribution in [2.24, 2.45) is 0 Å². The zero-order chi connectivity index (χ0) is 18.2. The van der Waals surface area contributed by atoms with Crippen LogP contribution in [0, 0.1) is 0 Å². The Bertz CT molecular complexity index is 1010. The van der Waals surface area contributed by atoms with E-state index >= 15 is 0 Å². The molecule has 2 aromatic carbocycles. The zero-order valence-electron chi connectivity index (χ0n) is 13.2. The molecule has 0 fully saturated rings. The molecule has 4 nitrogen and oxygen atoms in total. The number of aryl methyl sites for hydroxylation is 1. The number of sulfonamides is 1. The molecule has 0 saturated carbocycles. The van der Waals surface area contributed by atoms with Crippen LogP contribution in [0.2, 0.25) is 0 Å². The van der Waals surface area contributed by atoms with Crippen LogP contribution in [0.5, 0.6) is 0 Å². The fourth-order valence-corrected chi connectivity index (χ4v) is 3.52. The highest BCUT2D eigenvalue weighted by atomic mass is 32.2. The Morgan fingerprint density at radius 2 is 1.72 bits per heavy atom. The van der Waals surface area contributed by atoms with Gasteiger partial charge in [0, 0.05) is 16.6 Å². The minimum absolute atomic E-state index is 0.0925. The molecule has 2 N–H and O–H groups in total. The first-order chi connectivity index (χ1) is 11.7. The molecule has 3 rings (SSSR count). The highest BCUT2D eigenvalue weighted by Gasteiger charge is 2.32. The SMILES string of the molecule is CCc1ccc(S(=O)(=O)Nc2ccc3[nH]c(C(F)(F)F)cc3c2)cc1. The number of fused-ring (bicyclic) bond motifs is 1. The third-order valence-corrected chi connectivity index (χ3v) is 5.22. The number of halogens is 3. The number of hydrogen-bond donors (Lipinski definition) is 2. The van der Waals surface area contributed by atoms with Gasteiger partial charge in [0.05, 0.1) is 4.90 Å². The van der Waals surface area contributed by atoms with Crippen LogP contribution in [0.4, 0.5) is 18.9 Å². The van der Waals surface area contributed by atoms with Crippen molar-refractivity contribution in [1.29, 1.82) is 0 Å². The van der Waals surface area contributed by atoms with Crippen LogP contribution in [-0.4, -0.2) is 13.4 Å². The van der Waals surface area contributed by atoms with E-state index in [1.54, 1.807) is 12.1 Å². The van der Waals surface area contributed by atoms with Crippen molar-refractivity contribution >= 4 is 26.6 Å². The molecular formula is C17H15F3N2O2S. The zero-order valence-corrected chi connectivity index (χ0v) is 14.0. The van der Waals surface area contributed by atoms with Crippen molar-refractivity contribution in [2.45, 2.75) is 24.4 Å². The second-order valence-electron chi connectivity index (χ2n) is 5.59. The van der Waals surface area contributed by atoms with Crippen LogP contribution in [0.3, 0.4) is 0 Å². The molecule has 1 heterocycles. The molecular weight excluding hydrogens is 353 g/mol. The van der Waals surface area contributed by atoms with Gasteiger partial charge >= 0.3 is 6.18 Å². The molecule has 0 spiro atoms. The van der Waals surface area contributed by atoms with Crippen LogP contribution in [0.25, 0.3) is 10.9 Å². The van der Waals surface area contributed by atoms with Gasteiger partial charge < -0.3 is 4.98 Å². The lowest BCUT2D eigenvalue weighted by molar-refractivity contribution is -0.140. The van der Waals surface area contributed by atoms with E-state index < -0.39 is 21.9 Å². The Kier molecular flexibility index (Phi) is 4.24. The molecule has 0 aliphatic heterocycles. The second kappa shape index (κ2) is 6.11. The molecule has 0 saturated heterocycles. The number of rotatable bonds is 4. The summed E-state index contributed by atoms with van der Waals surface area (Å²) in [7, 11) is -3.81. The predicted molar refractivity (Wildman–Crippen MR) is 89.9 cm³/mol. The van der Waals surface area contributed by atoms with Gasteiger partial charge in [0.1, 0.15) is 5.69 Å². The Morgan fingerprint density at radius 1 is 1.04 bits per heavy atom. The van der Waals surface area contributed by atoms with Gasteiger partial charge in [-0.2, -0.15) is 13.2 Å². The van der Waals surface area contributed by atoms with Gasteiger partial charge in [0.15, 0.2) is 0 Å². The monoisotopic (exact) mass is 368 g/mol. The number of benzene rings is 2. The number of H-pyrrole nitrogens is 1. The Labute approximate surface area is 142 Å². The average Bonchev–Trinajstić information content (AvgIpc) is 2.98. The van der Waals surface area contributed by atoms with Crippen molar-refractivity contribution in [3.8, 4) is 0 Å². The van der Waals surface area contributed by atoms with E-state index in [0.717, 1.165) is 18.1 Å². The molecule has 0 aliphatic rings. The lowest BCUT2D eigenvalue weighted by atomic mass is 10.2. The summed E-state index contributed by atoms with van der Waals surface area (Å²) in [5.74, 6) is 0. The molecule has 3 aromatic rings. The van der Waals surface area contributed by atoms with Gasteiger partial charge in [-0.1, -0.05) is 19.1 Å². The molecule has 132 valence electrons. The fraction of sp³-hybridized carbons (Fsp3) is 0.176. The fourth-order valence-electron chi connectivity index (χ4n) is 2.47. The first-order valence-electron chi connectivity index (χ1n) is 7.51. The standard InChI is InChI=1S/C17H15F3N2O2S/c1-2-11-3-6-14(7-4-11)25(23,24)22-13-5-8-15-12(9-13)10-16(21-15)17(18,19)20/h3-10,21-22H,2H2,1H3. The minimum Gasteiger partial charge on any atom is -0.351 e. The molecule has 0 unspecified atom stereocenters. The van der Waals surface area contributed by atoms with Crippen molar-refractivity contribution in [3.63, 3.8) is 0 Å². The summed E-state index contributed by atoms with van der Waals surface area (Å²) in [5.41, 5.74) is 0.604.